The fourth-order valence-electron chi connectivity index (χ4n) is 4.69. The molecular weight excluding hydrogens is 908 g/mol. The number of rotatable bonds is 4. The number of pyridine rings is 2. The molecule has 2 aromatic carbocycles. The van der Waals surface area contributed by atoms with E-state index in [9.17, 15) is 13.2 Å². The average molecular weight is 962 g/mol. The fourth-order valence-corrected chi connectivity index (χ4v) is 6.41. The van der Waals surface area contributed by atoms with Crippen molar-refractivity contribution in [3.05, 3.63) is 132 Å². The summed E-state index contributed by atoms with van der Waals surface area (Å²) in [6.07, 6.45) is -1.08. The molecule has 6 rings (SSSR count). The second-order valence-corrected chi connectivity index (χ2v) is 20.2. The van der Waals surface area contributed by atoms with Crippen molar-refractivity contribution in [3.63, 3.8) is 0 Å². The van der Waals surface area contributed by atoms with Crippen LogP contribution >= 0.6 is 15.8 Å². The second-order valence-electron chi connectivity index (χ2n) is 15.1. The Morgan fingerprint density at radius 3 is 1.22 bits per heavy atom. The van der Waals surface area contributed by atoms with Crippen LogP contribution in [0.3, 0.4) is 0 Å². The molecule has 291 valence electrons. The topological polar surface area (TPSA) is 79.8 Å². The summed E-state index contributed by atoms with van der Waals surface area (Å²) in [7, 11) is -0.424. The number of alkyl halides is 3. The summed E-state index contributed by atoms with van der Waals surface area (Å²) in [6.45, 7) is 23.8. The van der Waals surface area contributed by atoms with Gasteiger partial charge in [0.05, 0.1) is 37.3 Å². The molecule has 13 heteroatoms. The third kappa shape index (κ3) is 16.6. The first-order valence-corrected chi connectivity index (χ1v) is 22.4. The van der Waals surface area contributed by atoms with E-state index < -0.39 is 11.9 Å². The minimum absolute atomic E-state index is 0. The molecule has 0 saturated heterocycles. The van der Waals surface area contributed by atoms with E-state index in [1.165, 1.54) is 16.2 Å². The van der Waals surface area contributed by atoms with E-state index in [1.807, 2.05) is 52.1 Å². The number of aryl methyl sites for hydroxylation is 1. The summed E-state index contributed by atoms with van der Waals surface area (Å²) in [4.78, 5) is 8.38. The van der Waals surface area contributed by atoms with Crippen molar-refractivity contribution >= 4 is 34.9 Å². The monoisotopic (exact) mass is 963 g/mol. The van der Waals surface area contributed by atoms with Gasteiger partial charge in [0, 0.05) is 53.7 Å². The first kappa shape index (κ1) is 49.5. The van der Waals surface area contributed by atoms with Gasteiger partial charge in [-0.05, 0) is 83.5 Å². The molecule has 0 unspecified atom stereocenters. The van der Waals surface area contributed by atoms with E-state index in [2.05, 4.69) is 145 Å². The largest absolute Gasteiger partial charge is 2.00 e. The Labute approximate surface area is 343 Å². The minimum Gasteiger partial charge on any atom is -0.574 e. The van der Waals surface area contributed by atoms with Gasteiger partial charge in [-0.3, -0.25) is 9.97 Å². The maximum absolute atomic E-state index is 12.5. The number of hydrogen-bond acceptors (Lipinski definition) is 4. The summed E-state index contributed by atoms with van der Waals surface area (Å²) < 4.78 is 37.4. The molecule has 4 heterocycles. The van der Waals surface area contributed by atoms with E-state index >= 15 is 0 Å². The predicted octanol–water partition coefficient (Wildman–Crippen LogP) is 9.31. The van der Waals surface area contributed by atoms with Gasteiger partial charge in [0.15, 0.2) is 0 Å². The molecule has 6 aromatic rings. The van der Waals surface area contributed by atoms with Crippen molar-refractivity contribution in [2.24, 2.45) is 0 Å². The molecule has 0 aliphatic rings. The molecule has 0 bridgehead atoms. The van der Waals surface area contributed by atoms with Crippen LogP contribution in [-0.2, 0) is 36.8 Å². The molecular formula is C42H53BF3N6OsP2+2. The minimum atomic E-state index is -4.48. The molecule has 0 atom stereocenters. The van der Waals surface area contributed by atoms with Crippen LogP contribution in [0.15, 0.2) is 109 Å². The molecule has 55 heavy (non-hydrogen) atoms. The summed E-state index contributed by atoms with van der Waals surface area (Å²) in [6, 6.07) is 31.9. The van der Waals surface area contributed by atoms with Crippen LogP contribution in [-0.4, -0.2) is 55.2 Å². The average Bonchev–Trinajstić information content (AvgIpc) is 3.80. The third-order valence-corrected chi connectivity index (χ3v) is 10.9. The van der Waals surface area contributed by atoms with E-state index in [4.69, 9.17) is 0 Å². The molecule has 3 radical (unpaired) electrons. The van der Waals surface area contributed by atoms with Crippen LogP contribution in [0.5, 0.6) is 0 Å². The summed E-state index contributed by atoms with van der Waals surface area (Å²) >= 11 is 0. The normalized spacial score (nSPS) is 11.1. The van der Waals surface area contributed by atoms with Gasteiger partial charge in [-0.15, -0.1) is 0 Å². The standard InChI is InChI=1S/C13H13F3N3.C13H16N3.2C8H11P.B.Os/c1-12(2,3)8-4-5-17-9(6-8)10-7-11(19-18-10)13(14,15)16;1-9-7-12(16-15-9)11-8-10(5-6-14-11)13(2,3)4;2*1-9(2)8-6-4-3-5-7-8;;/h4-7H,1-3H3;5-8H,1-4H3;2*3-7H,1-2H3;;/q2*-1;;;;+2/p+2. The van der Waals surface area contributed by atoms with Crippen LogP contribution in [0.25, 0.3) is 22.8 Å². The number of halogens is 3. The van der Waals surface area contributed by atoms with Crippen LogP contribution in [0.1, 0.15) is 64.1 Å². The van der Waals surface area contributed by atoms with Crippen LogP contribution in [0, 0.1) is 6.92 Å². The molecule has 4 aromatic heterocycles. The Bertz CT molecular complexity index is 1930. The Morgan fingerprint density at radius 1 is 0.545 bits per heavy atom. The number of benzene rings is 2. The Kier molecular flexibility index (Phi) is 20.1. The molecule has 6 nitrogen and oxygen atoms in total. The Hall–Kier alpha value is -3.49. The zero-order valence-electron chi connectivity index (χ0n) is 33.6. The Morgan fingerprint density at radius 2 is 0.927 bits per heavy atom. The van der Waals surface area contributed by atoms with Gasteiger partial charge in [0.1, 0.15) is 5.69 Å². The second kappa shape index (κ2) is 22.3. The maximum Gasteiger partial charge on any atom is 2.00 e. The summed E-state index contributed by atoms with van der Waals surface area (Å²) in [5, 5.41) is 17.8. The number of nitrogens with zero attached hydrogens (tertiary/aromatic N) is 6. The van der Waals surface area contributed by atoms with Crippen molar-refractivity contribution in [2.45, 2.75) is 65.5 Å². The quantitative estimate of drug-likeness (QED) is 0.130. The molecule has 0 spiro atoms. The van der Waals surface area contributed by atoms with Gasteiger partial charge in [0.25, 0.3) is 0 Å². The SMILES string of the molecule is CC(C)(C)c1ccnc(-c2cc(C(F)(F)F)n[n-]2)c1.C[PH+](C)c1ccccc1.C[PH+](C)c1ccccc1.Cc1cc(-c2cc(C(C)(C)C)ccn2)[n-]n1.[B].[Os+2]. The molecule has 0 amide bonds. The summed E-state index contributed by atoms with van der Waals surface area (Å²) in [5.41, 5.74) is 4.48. The van der Waals surface area contributed by atoms with Crippen molar-refractivity contribution in [1.29, 1.82) is 0 Å². The zero-order valence-corrected chi connectivity index (χ0v) is 38.2. The first-order chi connectivity index (χ1) is 24.8. The molecule has 0 N–H and O–H groups in total. The Balaban J connectivity index is 0.000000380. The number of hydrogen-bond donors (Lipinski definition) is 0. The van der Waals surface area contributed by atoms with Crippen LogP contribution in [0.2, 0.25) is 0 Å². The molecule has 0 saturated carbocycles. The van der Waals surface area contributed by atoms with E-state index in [-0.39, 0.29) is 60.6 Å². The fraction of sp³-hybridized carbons (Fsp3) is 0.333. The molecule has 0 fully saturated rings. The summed E-state index contributed by atoms with van der Waals surface area (Å²) in [5.74, 6) is 0. The van der Waals surface area contributed by atoms with Gasteiger partial charge >= 0.3 is 26.0 Å². The van der Waals surface area contributed by atoms with Gasteiger partial charge in [-0.25, -0.2) is 0 Å². The van der Waals surface area contributed by atoms with Gasteiger partial charge in [0.2, 0.25) is 0 Å². The van der Waals surface area contributed by atoms with E-state index in [0.717, 1.165) is 28.7 Å². The van der Waals surface area contributed by atoms with Crippen molar-refractivity contribution in [3.8, 4) is 22.8 Å². The zero-order chi connectivity index (χ0) is 39.4. The van der Waals surface area contributed by atoms with E-state index in [1.54, 1.807) is 12.3 Å². The van der Waals surface area contributed by atoms with Crippen molar-refractivity contribution < 1.29 is 33.0 Å². The van der Waals surface area contributed by atoms with Crippen molar-refractivity contribution in [2.75, 3.05) is 26.7 Å². The molecule has 0 aliphatic heterocycles. The molecule has 0 aliphatic carbocycles. The third-order valence-electron chi connectivity index (χ3n) is 7.97. The maximum atomic E-state index is 12.5. The van der Waals surface area contributed by atoms with Crippen LogP contribution in [0.4, 0.5) is 13.2 Å². The smallest absolute Gasteiger partial charge is 0.574 e. The van der Waals surface area contributed by atoms with Gasteiger partial charge in [-0.2, -0.15) is 13.2 Å². The number of aromatic nitrogens is 6. The van der Waals surface area contributed by atoms with Gasteiger partial charge < -0.3 is 20.4 Å². The predicted molar refractivity (Wildman–Crippen MR) is 227 cm³/mol. The van der Waals surface area contributed by atoms with Crippen LogP contribution < -0.4 is 20.8 Å². The van der Waals surface area contributed by atoms with E-state index in [0.29, 0.717) is 5.69 Å². The first-order valence-electron chi connectivity index (χ1n) is 17.4. The van der Waals surface area contributed by atoms with Gasteiger partial charge in [-0.1, -0.05) is 95.4 Å². The van der Waals surface area contributed by atoms with Crippen molar-refractivity contribution in [1.82, 2.24) is 30.4 Å².